The number of hydrogen-bond donors (Lipinski definition) is 2. The third-order valence-electron chi connectivity index (χ3n) is 7.20. The smallest absolute Gasteiger partial charge is 0.185 e. The van der Waals surface area contributed by atoms with Gasteiger partial charge in [0, 0.05) is 13.0 Å². The summed E-state index contributed by atoms with van der Waals surface area (Å²) >= 11 is 0. The Kier molecular flexibility index (Phi) is 7.36. The Balaban J connectivity index is 1.42. The van der Waals surface area contributed by atoms with Crippen LogP contribution in [0.1, 0.15) is 68.4 Å². The third-order valence-corrected chi connectivity index (χ3v) is 7.20. The quantitative estimate of drug-likeness (QED) is 0.276. The van der Waals surface area contributed by atoms with Gasteiger partial charge in [-0.05, 0) is 92.1 Å². The maximum Gasteiger partial charge on any atom is 0.185 e. The first-order valence-electron chi connectivity index (χ1n) is 13.2. The van der Waals surface area contributed by atoms with E-state index in [1.165, 1.54) is 35.1 Å². The first-order chi connectivity index (χ1) is 17.9. The van der Waals surface area contributed by atoms with E-state index in [0.717, 1.165) is 35.0 Å². The summed E-state index contributed by atoms with van der Waals surface area (Å²) in [5, 5.41) is 8.44. The van der Waals surface area contributed by atoms with E-state index < -0.39 is 0 Å². The lowest BCUT2D eigenvalue weighted by Crippen LogP contribution is -2.25. The molecule has 1 aromatic heterocycles. The van der Waals surface area contributed by atoms with E-state index in [-0.39, 0.29) is 11.8 Å². The fraction of sp³-hybridized carbons (Fsp3) is 0.312. The zero-order valence-corrected chi connectivity index (χ0v) is 22.0. The van der Waals surface area contributed by atoms with Crippen LogP contribution >= 0.6 is 0 Å². The summed E-state index contributed by atoms with van der Waals surface area (Å²) in [5.41, 5.74) is 15.2. The van der Waals surface area contributed by atoms with Crippen molar-refractivity contribution in [3.05, 3.63) is 118 Å². The molecule has 3 aromatic carbocycles. The van der Waals surface area contributed by atoms with Crippen molar-refractivity contribution in [2.24, 2.45) is 11.7 Å². The van der Waals surface area contributed by atoms with Crippen molar-refractivity contribution >= 4 is 5.78 Å². The molecular formula is C32H36N4O. The van der Waals surface area contributed by atoms with Gasteiger partial charge in [0.25, 0.3) is 0 Å². The lowest BCUT2D eigenvalue weighted by atomic mass is 9.92. The van der Waals surface area contributed by atoms with Crippen molar-refractivity contribution < 1.29 is 4.79 Å². The predicted molar refractivity (Wildman–Crippen MR) is 149 cm³/mol. The highest BCUT2D eigenvalue weighted by Gasteiger charge is 2.24. The van der Waals surface area contributed by atoms with E-state index in [9.17, 15) is 4.79 Å². The Bertz CT molecular complexity index is 1420. The Morgan fingerprint density at radius 1 is 1.00 bits per heavy atom. The summed E-state index contributed by atoms with van der Waals surface area (Å²) in [6.45, 7) is 7.70. The van der Waals surface area contributed by atoms with E-state index in [2.05, 4.69) is 60.7 Å². The maximum atomic E-state index is 13.5. The average Bonchev–Trinajstić information content (AvgIpc) is 3.64. The number of carbonyl (C=O) groups is 1. The first-order valence-corrected chi connectivity index (χ1v) is 13.2. The summed E-state index contributed by atoms with van der Waals surface area (Å²) in [6, 6.07) is 25.0. The van der Waals surface area contributed by atoms with Crippen molar-refractivity contribution in [2.45, 2.75) is 52.6 Å². The topological polar surface area (TPSA) is 72.9 Å². The molecule has 1 heterocycles. The first kappa shape index (κ1) is 25.1. The molecule has 5 rings (SSSR count). The molecule has 0 aliphatic heterocycles. The van der Waals surface area contributed by atoms with Crippen LogP contribution in [0.4, 0.5) is 0 Å². The largest absolute Gasteiger partial charge is 0.326 e. The Labute approximate surface area is 219 Å². The molecule has 1 aliphatic rings. The van der Waals surface area contributed by atoms with Gasteiger partial charge >= 0.3 is 0 Å². The highest BCUT2D eigenvalue weighted by atomic mass is 16.1. The number of hydrogen-bond acceptors (Lipinski definition) is 4. The van der Waals surface area contributed by atoms with Crippen LogP contribution in [0.15, 0.2) is 72.8 Å². The summed E-state index contributed by atoms with van der Waals surface area (Å²) < 4.78 is 1.75. The van der Waals surface area contributed by atoms with Crippen LogP contribution in [-0.2, 0) is 13.0 Å². The average molecular weight is 493 g/mol. The Morgan fingerprint density at radius 3 is 2.54 bits per heavy atom. The molecule has 0 saturated heterocycles. The molecule has 5 heteroatoms. The number of nitrogens with one attached hydrogen (secondary N) is 1. The summed E-state index contributed by atoms with van der Waals surface area (Å²) in [7, 11) is 0. The van der Waals surface area contributed by atoms with Gasteiger partial charge in [0.05, 0.1) is 17.4 Å². The molecule has 190 valence electrons. The van der Waals surface area contributed by atoms with Crippen molar-refractivity contribution in [1.29, 1.82) is 0 Å². The minimum atomic E-state index is 0.0462. The summed E-state index contributed by atoms with van der Waals surface area (Å²) in [5.74, 6) is 0.823. The molecule has 37 heavy (non-hydrogen) atoms. The van der Waals surface area contributed by atoms with Crippen molar-refractivity contribution in [3.8, 4) is 5.69 Å². The molecule has 3 N–H and O–H groups in total. The fourth-order valence-electron chi connectivity index (χ4n) is 5.03. The van der Waals surface area contributed by atoms with E-state index in [4.69, 9.17) is 5.73 Å². The SMILES string of the molecule is Cc1ccc(C(NCC2CC2)c2cccc(CC(=O)c3cc(C)nn3-c3cccc(CN)c3)c2)c(C)c1. The minimum absolute atomic E-state index is 0.0462. The molecule has 0 radical (unpaired) electrons. The molecule has 1 saturated carbocycles. The van der Waals surface area contributed by atoms with Crippen LogP contribution in [0.5, 0.6) is 0 Å². The second-order valence-electron chi connectivity index (χ2n) is 10.4. The van der Waals surface area contributed by atoms with Gasteiger partial charge < -0.3 is 11.1 Å². The molecular weight excluding hydrogens is 456 g/mol. The highest BCUT2D eigenvalue weighted by molar-refractivity contribution is 5.96. The number of benzene rings is 3. The molecule has 5 nitrogen and oxygen atoms in total. The van der Waals surface area contributed by atoms with Gasteiger partial charge in [-0.2, -0.15) is 5.10 Å². The minimum Gasteiger partial charge on any atom is -0.326 e. The van der Waals surface area contributed by atoms with Crippen LogP contribution in [0.25, 0.3) is 5.69 Å². The van der Waals surface area contributed by atoms with E-state index in [0.29, 0.717) is 18.7 Å². The van der Waals surface area contributed by atoms with E-state index in [1.54, 1.807) is 4.68 Å². The van der Waals surface area contributed by atoms with Crippen LogP contribution in [-0.4, -0.2) is 22.1 Å². The van der Waals surface area contributed by atoms with Crippen molar-refractivity contribution in [2.75, 3.05) is 6.54 Å². The van der Waals surface area contributed by atoms with Crippen LogP contribution in [0.3, 0.4) is 0 Å². The van der Waals surface area contributed by atoms with E-state index in [1.807, 2.05) is 43.3 Å². The molecule has 4 aromatic rings. The standard InChI is InChI=1S/C32H36N4O/c1-21-10-13-29(22(2)14-21)32(34-20-24-11-12-24)27-8-4-6-25(16-27)18-31(37)30-15-23(3)35-36(30)28-9-5-7-26(17-28)19-33/h4-10,13-17,24,32,34H,11-12,18-20,33H2,1-3H3. The fourth-order valence-corrected chi connectivity index (χ4v) is 5.03. The number of carbonyl (C=O) groups excluding carboxylic acids is 1. The lowest BCUT2D eigenvalue weighted by Gasteiger charge is -2.23. The lowest BCUT2D eigenvalue weighted by molar-refractivity contribution is 0.0985. The van der Waals surface area contributed by atoms with Gasteiger partial charge in [0.1, 0.15) is 5.69 Å². The number of Topliss-reactive ketones (excluding diaryl/α,β-unsaturated/α-hetero) is 1. The van der Waals surface area contributed by atoms with E-state index >= 15 is 0 Å². The number of aromatic nitrogens is 2. The third kappa shape index (κ3) is 5.90. The summed E-state index contributed by atoms with van der Waals surface area (Å²) in [6.07, 6.45) is 2.93. The Morgan fingerprint density at radius 2 is 1.78 bits per heavy atom. The number of aryl methyl sites for hydroxylation is 3. The van der Waals surface area contributed by atoms with Crippen LogP contribution < -0.4 is 11.1 Å². The molecule has 0 amide bonds. The highest BCUT2D eigenvalue weighted by Crippen LogP contribution is 2.31. The molecule has 1 atom stereocenters. The molecule has 0 spiro atoms. The monoisotopic (exact) mass is 492 g/mol. The number of rotatable bonds is 10. The zero-order chi connectivity index (χ0) is 25.9. The van der Waals surface area contributed by atoms with Gasteiger partial charge in [-0.3, -0.25) is 4.79 Å². The number of ketones is 1. The molecule has 1 fully saturated rings. The zero-order valence-electron chi connectivity index (χ0n) is 22.0. The normalized spacial score (nSPS) is 14.1. The molecule has 1 unspecified atom stereocenters. The Hall–Kier alpha value is -3.54. The second kappa shape index (κ2) is 10.8. The van der Waals surface area contributed by atoms with Gasteiger partial charge in [-0.1, -0.05) is 60.2 Å². The predicted octanol–water partition coefficient (Wildman–Crippen LogP) is 5.77. The number of nitrogens with two attached hydrogens (primary N) is 1. The van der Waals surface area contributed by atoms with Crippen molar-refractivity contribution in [1.82, 2.24) is 15.1 Å². The van der Waals surface area contributed by atoms with Crippen LogP contribution in [0.2, 0.25) is 0 Å². The van der Waals surface area contributed by atoms with Gasteiger partial charge in [-0.25, -0.2) is 4.68 Å². The van der Waals surface area contributed by atoms with Gasteiger partial charge in [-0.15, -0.1) is 0 Å². The maximum absolute atomic E-state index is 13.5. The second-order valence-corrected chi connectivity index (χ2v) is 10.4. The van der Waals surface area contributed by atoms with Gasteiger partial charge in [0.2, 0.25) is 0 Å². The van der Waals surface area contributed by atoms with Gasteiger partial charge in [0.15, 0.2) is 5.78 Å². The number of nitrogens with zero attached hydrogens (tertiary/aromatic N) is 2. The summed E-state index contributed by atoms with van der Waals surface area (Å²) in [4.78, 5) is 13.5. The molecule has 0 bridgehead atoms. The molecule has 1 aliphatic carbocycles. The van der Waals surface area contributed by atoms with Crippen molar-refractivity contribution in [3.63, 3.8) is 0 Å². The van der Waals surface area contributed by atoms with Crippen LogP contribution in [0, 0.1) is 26.7 Å².